The molecule has 0 spiro atoms. The van der Waals surface area contributed by atoms with Gasteiger partial charge in [0.2, 0.25) is 17.7 Å². The molecule has 1 aromatic carbocycles. The molecular weight excluding hydrogens is 348 g/mol. The maximum atomic E-state index is 11.0. The summed E-state index contributed by atoms with van der Waals surface area (Å²) >= 11 is 0. The molecule has 1 atom stereocenters. The topological polar surface area (TPSA) is 102 Å². The van der Waals surface area contributed by atoms with E-state index in [2.05, 4.69) is 20.5 Å². The van der Waals surface area contributed by atoms with Gasteiger partial charge in [0.25, 0.3) is 0 Å². The van der Waals surface area contributed by atoms with E-state index in [4.69, 9.17) is 13.9 Å². The van der Waals surface area contributed by atoms with Gasteiger partial charge in [0.15, 0.2) is 5.58 Å². The number of rotatable bonds is 8. The van der Waals surface area contributed by atoms with Crippen LogP contribution in [0.2, 0.25) is 0 Å². The lowest BCUT2D eigenvalue weighted by Crippen LogP contribution is -2.35. The Kier molecular flexibility index (Phi) is 4.70. The Morgan fingerprint density at radius 1 is 1.37 bits per heavy atom. The second-order valence-electron chi connectivity index (χ2n) is 6.94. The predicted molar refractivity (Wildman–Crippen MR) is 98.6 cm³/mol. The van der Waals surface area contributed by atoms with Crippen LogP contribution in [0.15, 0.2) is 28.7 Å². The van der Waals surface area contributed by atoms with Crippen molar-refractivity contribution in [2.24, 2.45) is 5.92 Å². The molecule has 1 fully saturated rings. The van der Waals surface area contributed by atoms with E-state index in [1.54, 1.807) is 6.07 Å². The van der Waals surface area contributed by atoms with Crippen LogP contribution in [0.25, 0.3) is 22.7 Å². The first kappa shape index (κ1) is 17.4. The highest BCUT2D eigenvalue weighted by Crippen LogP contribution is 2.31. The Labute approximate surface area is 156 Å². The Balaban J connectivity index is 1.42. The summed E-state index contributed by atoms with van der Waals surface area (Å²) < 4.78 is 17.2. The van der Waals surface area contributed by atoms with Gasteiger partial charge < -0.3 is 19.2 Å². The number of carbonyl (C=O) groups is 1. The number of oxazole rings is 1. The van der Waals surface area contributed by atoms with Crippen LogP contribution in [-0.2, 0) is 4.79 Å². The number of ether oxygens (including phenoxy) is 2. The summed E-state index contributed by atoms with van der Waals surface area (Å²) in [5, 5.41) is 9.71. The van der Waals surface area contributed by atoms with Gasteiger partial charge in [0, 0.05) is 19.1 Å². The molecule has 1 amide bonds. The van der Waals surface area contributed by atoms with Gasteiger partial charge >= 0.3 is 0 Å². The first-order chi connectivity index (χ1) is 13.1. The van der Waals surface area contributed by atoms with E-state index < -0.39 is 0 Å². The molecule has 142 valence electrons. The number of nitrogens with zero attached hydrogens (tertiary/aromatic N) is 2. The number of hydrogen-bond donors (Lipinski definition) is 2. The smallest absolute Gasteiger partial charge is 0.245 e. The lowest BCUT2D eigenvalue weighted by Gasteiger charge is -2.11. The van der Waals surface area contributed by atoms with E-state index in [0.717, 1.165) is 17.9 Å². The van der Waals surface area contributed by atoms with Gasteiger partial charge in [-0.05, 0) is 37.8 Å². The summed E-state index contributed by atoms with van der Waals surface area (Å²) in [6.07, 6.45) is 2.51. The van der Waals surface area contributed by atoms with Crippen LogP contribution in [0.1, 0.15) is 26.7 Å². The molecule has 1 saturated carbocycles. The molecule has 1 aliphatic carbocycles. The predicted octanol–water partition coefficient (Wildman–Crippen LogP) is 2.91. The number of carbonyl (C=O) groups excluding carboxylic acids is 1. The summed E-state index contributed by atoms with van der Waals surface area (Å²) in [5.41, 5.74) is 2.03. The molecule has 2 aromatic heterocycles. The average Bonchev–Trinajstić information content (AvgIpc) is 3.17. The third kappa shape index (κ3) is 4.39. The molecule has 8 nitrogen and oxygen atoms in total. The van der Waals surface area contributed by atoms with Crippen LogP contribution in [0.5, 0.6) is 11.6 Å². The van der Waals surface area contributed by atoms with Gasteiger partial charge in [0.1, 0.15) is 23.6 Å². The van der Waals surface area contributed by atoms with Gasteiger partial charge in [-0.2, -0.15) is 0 Å². The van der Waals surface area contributed by atoms with Gasteiger partial charge in [-0.25, -0.2) is 4.98 Å². The average molecular weight is 370 g/mol. The second-order valence-corrected chi connectivity index (χ2v) is 6.94. The van der Waals surface area contributed by atoms with Crippen molar-refractivity contribution in [2.75, 3.05) is 13.2 Å². The Bertz CT molecular complexity index is 944. The summed E-state index contributed by atoms with van der Waals surface area (Å²) in [7, 11) is 0. The summed E-state index contributed by atoms with van der Waals surface area (Å²) in [4.78, 5) is 15.5. The monoisotopic (exact) mass is 370 g/mol. The molecule has 2 heterocycles. The Morgan fingerprint density at radius 3 is 3.00 bits per heavy atom. The molecule has 0 aliphatic heterocycles. The zero-order valence-corrected chi connectivity index (χ0v) is 15.3. The molecule has 3 aromatic rings. The molecule has 1 unspecified atom stereocenters. The van der Waals surface area contributed by atoms with Crippen molar-refractivity contribution in [2.45, 2.75) is 32.7 Å². The molecule has 4 rings (SSSR count). The van der Waals surface area contributed by atoms with Crippen LogP contribution < -0.4 is 14.8 Å². The van der Waals surface area contributed by atoms with Crippen molar-refractivity contribution in [3.8, 4) is 23.2 Å². The van der Waals surface area contributed by atoms with Crippen molar-refractivity contribution < 1.29 is 18.7 Å². The van der Waals surface area contributed by atoms with Gasteiger partial charge in [-0.15, -0.1) is 5.10 Å². The third-order valence-electron chi connectivity index (χ3n) is 4.26. The first-order valence-corrected chi connectivity index (χ1v) is 9.06. The highest BCUT2D eigenvalue weighted by atomic mass is 16.5. The lowest BCUT2D eigenvalue weighted by atomic mass is 10.3. The van der Waals surface area contributed by atoms with Crippen LogP contribution >= 0.6 is 0 Å². The fourth-order valence-corrected chi connectivity index (χ4v) is 2.69. The van der Waals surface area contributed by atoms with Crippen molar-refractivity contribution in [1.82, 2.24) is 20.5 Å². The maximum absolute atomic E-state index is 11.0. The van der Waals surface area contributed by atoms with E-state index in [-0.39, 0.29) is 11.9 Å². The number of amides is 1. The van der Waals surface area contributed by atoms with Crippen LogP contribution in [0.3, 0.4) is 0 Å². The van der Waals surface area contributed by atoms with E-state index >= 15 is 0 Å². The molecule has 0 bridgehead atoms. The summed E-state index contributed by atoms with van der Waals surface area (Å²) in [6.45, 7) is 4.40. The van der Waals surface area contributed by atoms with E-state index in [1.807, 2.05) is 25.1 Å². The number of fused-ring (bicyclic) bond motifs is 1. The fourth-order valence-electron chi connectivity index (χ4n) is 2.69. The van der Waals surface area contributed by atoms with Crippen molar-refractivity contribution in [3.63, 3.8) is 0 Å². The molecule has 0 saturated heterocycles. The normalized spacial score (nSPS) is 14.9. The molecule has 8 heteroatoms. The van der Waals surface area contributed by atoms with Gasteiger partial charge in [0.05, 0.1) is 12.6 Å². The standard InChI is InChI=1S/C19H22N4O4/c1-11(20-12(2)24)9-26-18-8-16(22-23-18)19-21-15-6-5-14(7-17(15)27-19)25-10-13-3-4-13/h5-8,11,13H,3-4,9-10H2,1-2H3,(H,20,24)(H,22,23). The molecule has 27 heavy (non-hydrogen) atoms. The molecule has 1 aliphatic rings. The lowest BCUT2D eigenvalue weighted by molar-refractivity contribution is -0.119. The van der Waals surface area contributed by atoms with E-state index in [1.165, 1.54) is 19.8 Å². The fraction of sp³-hybridized carbons (Fsp3) is 0.421. The SMILES string of the molecule is CC(=O)NC(C)COc1cc(-c2nc3ccc(OCC4CC4)cc3o2)[nH]n1. The number of H-pyrrole nitrogens is 1. The number of aromatic nitrogens is 3. The molecule has 2 N–H and O–H groups in total. The minimum absolute atomic E-state index is 0.0965. The quantitative estimate of drug-likeness (QED) is 0.632. The number of benzene rings is 1. The van der Waals surface area contributed by atoms with Crippen molar-refractivity contribution in [1.29, 1.82) is 0 Å². The van der Waals surface area contributed by atoms with Crippen LogP contribution in [0.4, 0.5) is 0 Å². The van der Waals surface area contributed by atoms with Crippen molar-refractivity contribution >= 4 is 17.0 Å². The Morgan fingerprint density at radius 2 is 2.22 bits per heavy atom. The highest BCUT2D eigenvalue weighted by molar-refractivity contribution is 5.77. The Hall–Kier alpha value is -3.03. The minimum atomic E-state index is -0.110. The summed E-state index contributed by atoms with van der Waals surface area (Å²) in [6, 6.07) is 7.25. The van der Waals surface area contributed by atoms with Crippen LogP contribution in [0, 0.1) is 5.92 Å². The largest absolute Gasteiger partial charge is 0.493 e. The second kappa shape index (κ2) is 7.30. The van der Waals surface area contributed by atoms with Crippen LogP contribution in [-0.4, -0.2) is 40.3 Å². The third-order valence-corrected chi connectivity index (χ3v) is 4.26. The van der Waals surface area contributed by atoms with Crippen molar-refractivity contribution in [3.05, 3.63) is 24.3 Å². The van der Waals surface area contributed by atoms with Gasteiger partial charge in [-0.3, -0.25) is 9.89 Å². The zero-order chi connectivity index (χ0) is 18.8. The zero-order valence-electron chi connectivity index (χ0n) is 15.3. The number of nitrogens with one attached hydrogen (secondary N) is 2. The van der Waals surface area contributed by atoms with E-state index in [9.17, 15) is 4.79 Å². The minimum Gasteiger partial charge on any atom is -0.493 e. The maximum Gasteiger partial charge on any atom is 0.245 e. The molecule has 0 radical (unpaired) electrons. The highest BCUT2D eigenvalue weighted by Gasteiger charge is 2.22. The number of hydrogen-bond acceptors (Lipinski definition) is 6. The molecular formula is C19H22N4O4. The van der Waals surface area contributed by atoms with E-state index in [0.29, 0.717) is 35.6 Å². The first-order valence-electron chi connectivity index (χ1n) is 9.06. The van der Waals surface area contributed by atoms with Gasteiger partial charge in [-0.1, -0.05) is 0 Å². The summed E-state index contributed by atoms with van der Waals surface area (Å²) in [5.74, 6) is 2.24. The number of aromatic amines is 1.